The lowest BCUT2D eigenvalue weighted by Crippen LogP contribution is -2.33. The smallest absolute Gasteiger partial charge is 0.250 e. The number of hydrogen-bond acceptors (Lipinski definition) is 6. The molecule has 0 aliphatic rings. The van der Waals surface area contributed by atoms with Gasteiger partial charge in [0.05, 0.1) is 6.26 Å². The van der Waals surface area contributed by atoms with Gasteiger partial charge in [0.25, 0.3) is 0 Å². The number of carbonyl (C=O) groups is 1. The van der Waals surface area contributed by atoms with Crippen molar-refractivity contribution in [3.05, 3.63) is 72.3 Å². The first-order valence-electron chi connectivity index (χ1n) is 8.74. The Morgan fingerprint density at radius 2 is 2.10 bits per heavy atom. The van der Waals surface area contributed by atoms with Crippen LogP contribution in [0.1, 0.15) is 11.3 Å². The Bertz CT molecular complexity index is 1180. The maximum absolute atomic E-state index is 12.0. The molecule has 8 heteroatoms. The van der Waals surface area contributed by atoms with Crippen LogP contribution in [0.4, 0.5) is 5.69 Å². The highest BCUT2D eigenvalue weighted by Gasteiger charge is 2.11. The fraction of sp³-hybridized carbons (Fsp3) is 0.0476. The van der Waals surface area contributed by atoms with E-state index in [0.717, 1.165) is 16.8 Å². The van der Waals surface area contributed by atoms with Gasteiger partial charge in [0.2, 0.25) is 11.8 Å². The SMILES string of the molecule is Cc1ccc(-c2nc3ncccc3o2)cc1NC(=S)NC(=O)/C=C/c1ccco1. The van der Waals surface area contributed by atoms with Crippen LogP contribution in [0.15, 0.2) is 69.8 Å². The first kappa shape index (κ1) is 18.6. The van der Waals surface area contributed by atoms with Crippen molar-refractivity contribution in [2.75, 3.05) is 5.32 Å². The second-order valence-electron chi connectivity index (χ2n) is 6.17. The van der Waals surface area contributed by atoms with E-state index < -0.39 is 0 Å². The molecule has 0 spiro atoms. The van der Waals surface area contributed by atoms with Crippen molar-refractivity contribution in [1.29, 1.82) is 0 Å². The molecule has 2 N–H and O–H groups in total. The zero-order valence-electron chi connectivity index (χ0n) is 15.4. The zero-order valence-corrected chi connectivity index (χ0v) is 16.2. The van der Waals surface area contributed by atoms with E-state index in [1.165, 1.54) is 12.3 Å². The number of nitrogens with one attached hydrogen (secondary N) is 2. The van der Waals surface area contributed by atoms with Gasteiger partial charge < -0.3 is 14.2 Å². The van der Waals surface area contributed by atoms with E-state index in [9.17, 15) is 4.79 Å². The first-order valence-corrected chi connectivity index (χ1v) is 9.15. The number of thiocarbonyl (C=S) groups is 1. The number of pyridine rings is 1. The number of hydrogen-bond donors (Lipinski definition) is 2. The number of benzene rings is 1. The molecule has 0 atom stereocenters. The normalized spacial score (nSPS) is 11.1. The number of aromatic nitrogens is 2. The molecule has 1 aromatic carbocycles. The molecular weight excluding hydrogens is 388 g/mol. The van der Waals surface area contributed by atoms with Crippen LogP contribution >= 0.6 is 12.2 Å². The van der Waals surface area contributed by atoms with Crippen molar-refractivity contribution in [2.24, 2.45) is 0 Å². The Labute approximate surface area is 171 Å². The quantitative estimate of drug-likeness (QED) is 0.386. The number of amides is 1. The number of anilines is 1. The second-order valence-corrected chi connectivity index (χ2v) is 6.57. The highest BCUT2D eigenvalue weighted by atomic mass is 32.1. The van der Waals surface area contributed by atoms with E-state index in [2.05, 4.69) is 20.6 Å². The summed E-state index contributed by atoms with van der Waals surface area (Å²) in [6.45, 7) is 1.93. The van der Waals surface area contributed by atoms with Gasteiger partial charge in [-0.05, 0) is 67.2 Å². The third-order valence-electron chi connectivity index (χ3n) is 4.08. The summed E-state index contributed by atoms with van der Waals surface area (Å²) in [5.41, 5.74) is 3.61. The van der Waals surface area contributed by atoms with Gasteiger partial charge in [-0.3, -0.25) is 10.1 Å². The van der Waals surface area contributed by atoms with Gasteiger partial charge in [0, 0.05) is 23.5 Å². The van der Waals surface area contributed by atoms with Crippen LogP contribution in [-0.2, 0) is 4.79 Å². The molecule has 4 aromatic rings. The molecule has 0 radical (unpaired) electrons. The summed E-state index contributed by atoms with van der Waals surface area (Å²) < 4.78 is 10.9. The highest BCUT2D eigenvalue weighted by Crippen LogP contribution is 2.27. The minimum Gasteiger partial charge on any atom is -0.465 e. The summed E-state index contributed by atoms with van der Waals surface area (Å²) in [5, 5.41) is 5.82. The summed E-state index contributed by atoms with van der Waals surface area (Å²) in [6, 6.07) is 12.8. The number of fused-ring (bicyclic) bond motifs is 1. The van der Waals surface area contributed by atoms with Crippen molar-refractivity contribution in [2.45, 2.75) is 6.92 Å². The molecular formula is C21H16N4O3S. The average Bonchev–Trinajstić information content (AvgIpc) is 3.37. The Morgan fingerprint density at radius 1 is 1.21 bits per heavy atom. The number of oxazole rings is 1. The number of furan rings is 1. The molecule has 0 aliphatic heterocycles. The third kappa shape index (κ3) is 4.39. The number of nitrogens with zero attached hydrogens (tertiary/aromatic N) is 2. The number of aryl methyl sites for hydroxylation is 1. The lowest BCUT2D eigenvalue weighted by Gasteiger charge is -2.11. The van der Waals surface area contributed by atoms with Crippen LogP contribution < -0.4 is 10.6 Å². The molecule has 4 rings (SSSR count). The van der Waals surface area contributed by atoms with E-state index in [4.69, 9.17) is 21.1 Å². The topological polar surface area (TPSA) is 93.2 Å². The molecule has 0 aliphatic carbocycles. The molecule has 0 saturated heterocycles. The maximum Gasteiger partial charge on any atom is 0.250 e. The lowest BCUT2D eigenvalue weighted by atomic mass is 10.1. The van der Waals surface area contributed by atoms with Crippen LogP contribution in [0.2, 0.25) is 0 Å². The fourth-order valence-electron chi connectivity index (χ4n) is 2.63. The molecule has 0 saturated carbocycles. The van der Waals surface area contributed by atoms with Crippen molar-refractivity contribution in [3.8, 4) is 11.5 Å². The van der Waals surface area contributed by atoms with Crippen molar-refractivity contribution in [1.82, 2.24) is 15.3 Å². The predicted molar refractivity (Wildman–Crippen MR) is 114 cm³/mol. The summed E-state index contributed by atoms with van der Waals surface area (Å²) in [6.07, 6.45) is 6.11. The fourth-order valence-corrected chi connectivity index (χ4v) is 2.84. The van der Waals surface area contributed by atoms with Gasteiger partial charge in [-0.25, -0.2) is 4.98 Å². The first-order chi connectivity index (χ1) is 14.1. The summed E-state index contributed by atoms with van der Waals surface area (Å²) in [7, 11) is 0. The standard InChI is InChI=1S/C21H16N4O3S/c1-13-6-7-14(20-25-19-17(28-20)5-2-10-22-19)12-16(13)23-21(29)24-18(26)9-8-15-4-3-11-27-15/h2-12H,1H3,(H2,23,24,26,29)/b9-8+. The molecule has 144 valence electrons. The lowest BCUT2D eigenvalue weighted by molar-refractivity contribution is -0.115. The minimum absolute atomic E-state index is 0.179. The van der Waals surface area contributed by atoms with Gasteiger partial charge in [0.1, 0.15) is 5.76 Å². The molecule has 0 fully saturated rings. The van der Waals surface area contributed by atoms with Gasteiger partial charge in [-0.1, -0.05) is 6.07 Å². The van der Waals surface area contributed by atoms with Gasteiger partial charge in [-0.15, -0.1) is 0 Å². The molecule has 0 bridgehead atoms. The zero-order chi connectivity index (χ0) is 20.2. The van der Waals surface area contributed by atoms with Gasteiger partial charge >= 0.3 is 0 Å². The molecule has 1 amide bonds. The van der Waals surface area contributed by atoms with Crippen LogP contribution in [0, 0.1) is 6.92 Å². The van der Waals surface area contributed by atoms with E-state index in [-0.39, 0.29) is 11.0 Å². The Morgan fingerprint density at radius 3 is 2.90 bits per heavy atom. The van der Waals surface area contributed by atoms with Gasteiger partial charge in [0.15, 0.2) is 16.3 Å². The Kier molecular flexibility index (Phi) is 5.17. The van der Waals surface area contributed by atoms with Gasteiger partial charge in [-0.2, -0.15) is 4.98 Å². The number of rotatable bonds is 4. The van der Waals surface area contributed by atoms with Crippen LogP contribution in [0.3, 0.4) is 0 Å². The highest BCUT2D eigenvalue weighted by molar-refractivity contribution is 7.80. The van der Waals surface area contributed by atoms with Crippen molar-refractivity contribution >= 4 is 46.2 Å². The Hall–Kier alpha value is -3.78. The maximum atomic E-state index is 12.0. The molecule has 29 heavy (non-hydrogen) atoms. The van der Waals surface area contributed by atoms with E-state index >= 15 is 0 Å². The summed E-state index contributed by atoms with van der Waals surface area (Å²) in [4.78, 5) is 20.6. The molecule has 3 heterocycles. The monoisotopic (exact) mass is 404 g/mol. The van der Waals surface area contributed by atoms with E-state index in [0.29, 0.717) is 22.9 Å². The minimum atomic E-state index is -0.363. The van der Waals surface area contributed by atoms with Crippen molar-refractivity contribution in [3.63, 3.8) is 0 Å². The predicted octanol–water partition coefficient (Wildman–Crippen LogP) is 4.32. The molecule has 3 aromatic heterocycles. The summed E-state index contributed by atoms with van der Waals surface area (Å²) >= 11 is 5.25. The number of carbonyl (C=O) groups excluding carboxylic acids is 1. The second kappa shape index (κ2) is 8.07. The van der Waals surface area contributed by atoms with Crippen LogP contribution in [0.25, 0.3) is 28.8 Å². The largest absolute Gasteiger partial charge is 0.465 e. The van der Waals surface area contributed by atoms with Crippen LogP contribution in [-0.4, -0.2) is 21.0 Å². The summed E-state index contributed by atoms with van der Waals surface area (Å²) in [5.74, 6) is 0.672. The van der Waals surface area contributed by atoms with Crippen LogP contribution in [0.5, 0.6) is 0 Å². The third-order valence-corrected chi connectivity index (χ3v) is 4.28. The van der Waals surface area contributed by atoms with E-state index in [1.807, 2.05) is 31.2 Å². The van der Waals surface area contributed by atoms with Crippen molar-refractivity contribution < 1.29 is 13.6 Å². The molecule has 7 nitrogen and oxygen atoms in total. The Balaban J connectivity index is 1.47. The average molecular weight is 404 g/mol. The molecule has 0 unspecified atom stereocenters. The van der Waals surface area contributed by atoms with E-state index in [1.54, 1.807) is 30.5 Å².